The van der Waals surface area contributed by atoms with Gasteiger partial charge in [0, 0.05) is 24.8 Å². The van der Waals surface area contributed by atoms with Crippen LogP contribution in [0.2, 0.25) is 0 Å². The van der Waals surface area contributed by atoms with Gasteiger partial charge in [-0.1, -0.05) is 42.5 Å². The molecule has 1 atom stereocenters. The first-order valence-electron chi connectivity index (χ1n) is 8.88. The number of ether oxygens (including phenoxy) is 2. The summed E-state index contributed by atoms with van der Waals surface area (Å²) in [5, 5.41) is 3.48. The summed E-state index contributed by atoms with van der Waals surface area (Å²) in [5.41, 5.74) is 3.39. The fourth-order valence-corrected chi connectivity index (χ4v) is 3.18. The van der Waals surface area contributed by atoms with Crippen LogP contribution in [0.5, 0.6) is 5.75 Å². The molecule has 5 heteroatoms. The Bertz CT molecular complexity index is 843. The van der Waals surface area contributed by atoms with Gasteiger partial charge in [-0.05, 0) is 17.7 Å². The van der Waals surface area contributed by atoms with Crippen LogP contribution in [0.15, 0.2) is 60.8 Å². The summed E-state index contributed by atoms with van der Waals surface area (Å²) in [4.78, 5) is 4.71. The fourth-order valence-electron chi connectivity index (χ4n) is 3.18. The van der Waals surface area contributed by atoms with E-state index in [1.54, 1.807) is 7.11 Å². The van der Waals surface area contributed by atoms with Crippen LogP contribution in [-0.2, 0) is 24.4 Å². The van der Waals surface area contributed by atoms with Gasteiger partial charge in [-0.2, -0.15) is 0 Å². The van der Waals surface area contributed by atoms with Gasteiger partial charge in [-0.25, -0.2) is 4.98 Å². The molecule has 1 aromatic heterocycles. The summed E-state index contributed by atoms with van der Waals surface area (Å²) in [6.07, 6.45) is 2.28. The molecule has 26 heavy (non-hydrogen) atoms. The Balaban J connectivity index is 1.32. The zero-order chi connectivity index (χ0) is 17.8. The average Bonchev–Trinajstić information content (AvgIpc) is 3.13. The van der Waals surface area contributed by atoms with E-state index in [1.165, 1.54) is 5.56 Å². The lowest BCUT2D eigenvalue weighted by Gasteiger charge is -2.24. The van der Waals surface area contributed by atoms with Crippen molar-refractivity contribution in [2.45, 2.75) is 25.8 Å². The van der Waals surface area contributed by atoms with E-state index in [0.717, 1.165) is 42.5 Å². The standard InChI is InChI=1S/C21H23N3O2/c1-25-18-9-7-16(8-10-18)11-22-12-19-13-24-14-20(23-21(24)15-26-19)17-5-3-2-4-6-17/h2-10,14,19,22H,11-13,15H2,1H3/t19-/m0/s1. The molecule has 0 amide bonds. The highest BCUT2D eigenvalue weighted by Gasteiger charge is 2.21. The summed E-state index contributed by atoms with van der Waals surface area (Å²) >= 11 is 0. The zero-order valence-corrected chi connectivity index (χ0v) is 14.9. The lowest BCUT2D eigenvalue weighted by Crippen LogP contribution is -2.35. The Labute approximate surface area is 153 Å². The Morgan fingerprint density at radius 1 is 1.15 bits per heavy atom. The number of methoxy groups -OCH3 is 1. The minimum absolute atomic E-state index is 0.151. The molecule has 0 radical (unpaired) electrons. The normalized spacial score (nSPS) is 16.3. The Morgan fingerprint density at radius 3 is 2.73 bits per heavy atom. The van der Waals surface area contributed by atoms with Gasteiger partial charge in [-0.3, -0.25) is 0 Å². The van der Waals surface area contributed by atoms with Crippen LogP contribution in [0, 0.1) is 0 Å². The second kappa shape index (κ2) is 7.72. The maximum atomic E-state index is 5.96. The first kappa shape index (κ1) is 16.8. The van der Waals surface area contributed by atoms with Crippen molar-refractivity contribution >= 4 is 0 Å². The fraction of sp³-hybridized carbons (Fsp3) is 0.286. The van der Waals surface area contributed by atoms with E-state index in [2.05, 4.69) is 40.3 Å². The summed E-state index contributed by atoms with van der Waals surface area (Å²) in [6.45, 7) is 3.01. The molecule has 0 saturated heterocycles. The molecule has 5 nitrogen and oxygen atoms in total. The molecule has 3 aromatic rings. The molecule has 0 bridgehead atoms. The van der Waals surface area contributed by atoms with Gasteiger partial charge in [0.25, 0.3) is 0 Å². The molecule has 0 spiro atoms. The number of hydrogen-bond donors (Lipinski definition) is 1. The van der Waals surface area contributed by atoms with Crippen molar-refractivity contribution in [2.75, 3.05) is 13.7 Å². The second-order valence-corrected chi connectivity index (χ2v) is 6.47. The first-order chi connectivity index (χ1) is 12.8. The van der Waals surface area contributed by atoms with Crippen molar-refractivity contribution in [1.29, 1.82) is 0 Å². The van der Waals surface area contributed by atoms with Crippen LogP contribution in [0.4, 0.5) is 0 Å². The number of fused-ring (bicyclic) bond motifs is 1. The molecular formula is C21H23N3O2. The van der Waals surface area contributed by atoms with Crippen molar-refractivity contribution in [3.8, 4) is 17.0 Å². The van der Waals surface area contributed by atoms with Crippen LogP contribution in [0.1, 0.15) is 11.4 Å². The van der Waals surface area contributed by atoms with Crippen molar-refractivity contribution in [3.63, 3.8) is 0 Å². The average molecular weight is 349 g/mol. The van der Waals surface area contributed by atoms with E-state index in [0.29, 0.717) is 6.61 Å². The zero-order valence-electron chi connectivity index (χ0n) is 14.9. The number of aromatic nitrogens is 2. The van der Waals surface area contributed by atoms with Crippen molar-refractivity contribution in [1.82, 2.24) is 14.9 Å². The maximum absolute atomic E-state index is 5.96. The van der Waals surface area contributed by atoms with Gasteiger partial charge >= 0.3 is 0 Å². The molecule has 2 aromatic carbocycles. The van der Waals surface area contributed by atoms with Crippen LogP contribution < -0.4 is 10.1 Å². The SMILES string of the molecule is COc1ccc(CNC[C@H]2Cn3cc(-c4ccccc4)nc3CO2)cc1. The molecule has 1 N–H and O–H groups in total. The molecule has 0 aliphatic carbocycles. The second-order valence-electron chi connectivity index (χ2n) is 6.47. The molecule has 2 heterocycles. The Hall–Kier alpha value is -2.63. The van der Waals surface area contributed by atoms with Gasteiger partial charge in [-0.15, -0.1) is 0 Å². The molecule has 0 saturated carbocycles. The maximum Gasteiger partial charge on any atom is 0.135 e. The molecule has 1 aliphatic heterocycles. The van der Waals surface area contributed by atoms with Gasteiger partial charge in [0.1, 0.15) is 18.2 Å². The van der Waals surface area contributed by atoms with Gasteiger partial charge in [0.15, 0.2) is 0 Å². The first-order valence-corrected chi connectivity index (χ1v) is 8.88. The summed E-state index contributed by atoms with van der Waals surface area (Å²) < 4.78 is 13.4. The number of nitrogens with zero attached hydrogens (tertiary/aromatic N) is 2. The predicted molar refractivity (Wildman–Crippen MR) is 101 cm³/mol. The van der Waals surface area contributed by atoms with E-state index in [-0.39, 0.29) is 6.10 Å². The highest BCUT2D eigenvalue weighted by atomic mass is 16.5. The van der Waals surface area contributed by atoms with E-state index in [4.69, 9.17) is 14.5 Å². The van der Waals surface area contributed by atoms with Crippen LogP contribution in [-0.4, -0.2) is 29.3 Å². The summed E-state index contributed by atoms with van der Waals surface area (Å²) in [7, 11) is 1.68. The number of hydrogen-bond acceptors (Lipinski definition) is 4. The third kappa shape index (κ3) is 3.79. The topological polar surface area (TPSA) is 48.3 Å². The lowest BCUT2D eigenvalue weighted by molar-refractivity contribution is 0.00278. The largest absolute Gasteiger partial charge is 0.497 e. The number of nitrogens with one attached hydrogen (secondary N) is 1. The van der Waals surface area contributed by atoms with Crippen molar-refractivity contribution < 1.29 is 9.47 Å². The van der Waals surface area contributed by atoms with E-state index < -0.39 is 0 Å². The highest BCUT2D eigenvalue weighted by Crippen LogP contribution is 2.22. The quantitative estimate of drug-likeness (QED) is 0.742. The third-order valence-corrected chi connectivity index (χ3v) is 4.64. The predicted octanol–water partition coefficient (Wildman–Crippen LogP) is 3.25. The number of imidazole rings is 1. The number of benzene rings is 2. The van der Waals surface area contributed by atoms with E-state index >= 15 is 0 Å². The molecule has 4 rings (SSSR count). The smallest absolute Gasteiger partial charge is 0.135 e. The minimum atomic E-state index is 0.151. The molecule has 0 fully saturated rings. The molecule has 1 aliphatic rings. The van der Waals surface area contributed by atoms with Crippen LogP contribution in [0.3, 0.4) is 0 Å². The lowest BCUT2D eigenvalue weighted by atomic mass is 10.2. The van der Waals surface area contributed by atoms with Crippen molar-refractivity contribution in [2.24, 2.45) is 0 Å². The van der Waals surface area contributed by atoms with Crippen molar-refractivity contribution in [3.05, 3.63) is 72.2 Å². The summed E-state index contributed by atoms with van der Waals surface area (Å²) in [6, 6.07) is 18.4. The highest BCUT2D eigenvalue weighted by molar-refractivity contribution is 5.58. The van der Waals surface area contributed by atoms with Crippen LogP contribution >= 0.6 is 0 Å². The monoisotopic (exact) mass is 349 g/mol. The molecule has 0 unspecified atom stereocenters. The molecular weight excluding hydrogens is 326 g/mol. The van der Waals surface area contributed by atoms with Crippen LogP contribution in [0.25, 0.3) is 11.3 Å². The minimum Gasteiger partial charge on any atom is -0.497 e. The molecule has 134 valence electrons. The van der Waals surface area contributed by atoms with E-state index in [9.17, 15) is 0 Å². The Kier molecular flexibility index (Phi) is 5.00. The Morgan fingerprint density at radius 2 is 1.96 bits per heavy atom. The summed E-state index contributed by atoms with van der Waals surface area (Å²) in [5.74, 6) is 1.88. The third-order valence-electron chi connectivity index (χ3n) is 4.64. The van der Waals surface area contributed by atoms with Gasteiger partial charge in [0.2, 0.25) is 0 Å². The van der Waals surface area contributed by atoms with E-state index in [1.807, 2.05) is 30.3 Å². The van der Waals surface area contributed by atoms with Gasteiger partial charge in [0.05, 0.1) is 25.5 Å². The number of rotatable bonds is 6. The van der Waals surface area contributed by atoms with Gasteiger partial charge < -0.3 is 19.4 Å².